The summed E-state index contributed by atoms with van der Waals surface area (Å²) < 4.78 is 18.5. The Morgan fingerprint density at radius 2 is 2.10 bits per heavy atom. The minimum Gasteiger partial charge on any atom is -0.332 e. The molecular formula is C15H13FN4O. The summed E-state index contributed by atoms with van der Waals surface area (Å²) in [7, 11) is 0. The molecule has 0 radical (unpaired) electrons. The third kappa shape index (κ3) is 2.66. The molecule has 3 rings (SSSR count). The van der Waals surface area contributed by atoms with E-state index in [4.69, 9.17) is 10.3 Å². The molecule has 0 unspecified atom stereocenters. The van der Waals surface area contributed by atoms with Gasteiger partial charge in [0.25, 0.3) is 5.89 Å². The Morgan fingerprint density at radius 1 is 1.24 bits per heavy atom. The molecule has 0 aliphatic heterocycles. The van der Waals surface area contributed by atoms with E-state index in [0.717, 1.165) is 5.56 Å². The third-order valence-corrected chi connectivity index (χ3v) is 3.12. The number of hydrogen-bond donors (Lipinski definition) is 1. The molecule has 0 saturated heterocycles. The van der Waals surface area contributed by atoms with Gasteiger partial charge in [-0.1, -0.05) is 11.2 Å². The van der Waals surface area contributed by atoms with Gasteiger partial charge in [-0.15, -0.1) is 0 Å². The largest absolute Gasteiger partial charge is 0.332 e. The average Bonchev–Trinajstić information content (AvgIpc) is 3.00. The van der Waals surface area contributed by atoms with Gasteiger partial charge < -0.3 is 10.3 Å². The van der Waals surface area contributed by atoms with Crippen LogP contribution in [0, 0.1) is 12.7 Å². The van der Waals surface area contributed by atoms with Gasteiger partial charge in [0.1, 0.15) is 11.5 Å². The summed E-state index contributed by atoms with van der Waals surface area (Å²) in [6, 6.07) is 8.30. The van der Waals surface area contributed by atoms with Crippen molar-refractivity contribution in [3.8, 4) is 23.0 Å². The van der Waals surface area contributed by atoms with Crippen LogP contribution in [0.4, 0.5) is 4.39 Å². The van der Waals surface area contributed by atoms with Crippen molar-refractivity contribution in [3.63, 3.8) is 0 Å². The highest BCUT2D eigenvalue weighted by Gasteiger charge is 2.12. The zero-order valence-corrected chi connectivity index (χ0v) is 11.4. The van der Waals surface area contributed by atoms with Crippen LogP contribution in [0.2, 0.25) is 0 Å². The van der Waals surface area contributed by atoms with Gasteiger partial charge in [0, 0.05) is 18.3 Å². The van der Waals surface area contributed by atoms with E-state index in [9.17, 15) is 4.39 Å². The van der Waals surface area contributed by atoms with E-state index in [0.29, 0.717) is 35.1 Å². The number of benzene rings is 1. The highest BCUT2D eigenvalue weighted by atomic mass is 19.1. The lowest BCUT2D eigenvalue weighted by Crippen LogP contribution is -1.96. The Labute approximate surface area is 120 Å². The van der Waals surface area contributed by atoms with Gasteiger partial charge >= 0.3 is 0 Å². The summed E-state index contributed by atoms with van der Waals surface area (Å²) >= 11 is 0. The van der Waals surface area contributed by atoms with Crippen molar-refractivity contribution in [2.24, 2.45) is 5.73 Å². The molecule has 0 aliphatic carbocycles. The molecule has 106 valence electrons. The lowest BCUT2D eigenvalue weighted by atomic mass is 10.1. The molecule has 0 atom stereocenters. The minimum absolute atomic E-state index is 0.262. The Hall–Kier alpha value is -2.60. The Balaban J connectivity index is 1.93. The van der Waals surface area contributed by atoms with Crippen LogP contribution < -0.4 is 5.73 Å². The van der Waals surface area contributed by atoms with E-state index in [1.54, 1.807) is 31.3 Å². The molecule has 2 N–H and O–H groups in total. The molecular weight excluding hydrogens is 271 g/mol. The van der Waals surface area contributed by atoms with Crippen molar-refractivity contribution < 1.29 is 8.91 Å². The molecule has 0 aliphatic rings. The number of hydrogen-bond acceptors (Lipinski definition) is 5. The SMILES string of the molecule is Cc1cc(-c2noc(-c3ccc(CN)cn3)n2)ccc1F. The number of aromatic nitrogens is 3. The lowest BCUT2D eigenvalue weighted by molar-refractivity contribution is 0.431. The van der Waals surface area contributed by atoms with Crippen molar-refractivity contribution in [1.82, 2.24) is 15.1 Å². The molecule has 5 nitrogen and oxygen atoms in total. The van der Waals surface area contributed by atoms with E-state index >= 15 is 0 Å². The maximum Gasteiger partial charge on any atom is 0.276 e. The van der Waals surface area contributed by atoms with Gasteiger partial charge in [0.15, 0.2) is 0 Å². The van der Waals surface area contributed by atoms with Crippen LogP contribution in [0.1, 0.15) is 11.1 Å². The van der Waals surface area contributed by atoms with Gasteiger partial charge in [-0.05, 0) is 42.3 Å². The quantitative estimate of drug-likeness (QED) is 0.800. The zero-order chi connectivity index (χ0) is 14.8. The van der Waals surface area contributed by atoms with Crippen molar-refractivity contribution in [2.45, 2.75) is 13.5 Å². The van der Waals surface area contributed by atoms with Gasteiger partial charge in [0.2, 0.25) is 5.82 Å². The van der Waals surface area contributed by atoms with Gasteiger partial charge in [0.05, 0.1) is 0 Å². The van der Waals surface area contributed by atoms with E-state index in [1.165, 1.54) is 6.07 Å². The Bertz CT molecular complexity index is 768. The predicted octanol–water partition coefficient (Wildman–Crippen LogP) is 2.70. The monoisotopic (exact) mass is 284 g/mol. The number of nitrogens with zero attached hydrogens (tertiary/aromatic N) is 3. The molecule has 6 heteroatoms. The van der Waals surface area contributed by atoms with Crippen LogP contribution >= 0.6 is 0 Å². The standard InChI is InChI=1S/C15H13FN4O/c1-9-6-11(3-4-12(9)16)14-19-15(21-20-14)13-5-2-10(7-17)8-18-13/h2-6,8H,7,17H2,1H3. The molecule has 0 amide bonds. The molecule has 2 heterocycles. The van der Waals surface area contributed by atoms with E-state index in [-0.39, 0.29) is 5.82 Å². The van der Waals surface area contributed by atoms with Gasteiger partial charge in [-0.25, -0.2) is 4.39 Å². The van der Waals surface area contributed by atoms with Crippen LogP contribution in [0.5, 0.6) is 0 Å². The van der Waals surface area contributed by atoms with Crippen LogP contribution in [-0.2, 0) is 6.54 Å². The van der Waals surface area contributed by atoms with Gasteiger partial charge in [-0.2, -0.15) is 4.98 Å². The number of aryl methyl sites for hydroxylation is 1. The highest BCUT2D eigenvalue weighted by molar-refractivity contribution is 5.58. The summed E-state index contributed by atoms with van der Waals surface area (Å²) in [5.41, 5.74) is 8.25. The second-order valence-corrected chi connectivity index (χ2v) is 4.64. The van der Waals surface area contributed by atoms with Gasteiger partial charge in [-0.3, -0.25) is 4.98 Å². The minimum atomic E-state index is -0.262. The van der Waals surface area contributed by atoms with E-state index in [1.807, 2.05) is 6.07 Å². The molecule has 1 aromatic carbocycles. The van der Waals surface area contributed by atoms with Crippen LogP contribution in [-0.4, -0.2) is 15.1 Å². The molecule has 0 spiro atoms. The smallest absolute Gasteiger partial charge is 0.276 e. The highest BCUT2D eigenvalue weighted by Crippen LogP contribution is 2.22. The maximum atomic E-state index is 13.3. The number of rotatable bonds is 3. The first kappa shape index (κ1) is 13.4. The molecule has 21 heavy (non-hydrogen) atoms. The summed E-state index contributed by atoms with van der Waals surface area (Å²) in [5.74, 6) is 0.454. The van der Waals surface area contributed by atoms with Crippen molar-refractivity contribution >= 4 is 0 Å². The van der Waals surface area contributed by atoms with Crippen LogP contribution in [0.15, 0.2) is 41.1 Å². The first-order valence-electron chi connectivity index (χ1n) is 6.43. The summed E-state index contributed by atoms with van der Waals surface area (Å²) in [6.07, 6.45) is 1.67. The Morgan fingerprint density at radius 3 is 2.76 bits per heavy atom. The molecule has 0 bridgehead atoms. The predicted molar refractivity (Wildman–Crippen MR) is 75.6 cm³/mol. The summed E-state index contributed by atoms with van der Waals surface area (Å²) in [6.45, 7) is 2.12. The van der Waals surface area contributed by atoms with E-state index in [2.05, 4.69) is 15.1 Å². The summed E-state index contributed by atoms with van der Waals surface area (Å²) in [4.78, 5) is 8.51. The second-order valence-electron chi connectivity index (χ2n) is 4.64. The second kappa shape index (κ2) is 5.41. The topological polar surface area (TPSA) is 77.8 Å². The van der Waals surface area contributed by atoms with Crippen molar-refractivity contribution in [3.05, 3.63) is 53.5 Å². The summed E-state index contributed by atoms with van der Waals surface area (Å²) in [5, 5.41) is 3.90. The van der Waals surface area contributed by atoms with Crippen LogP contribution in [0.3, 0.4) is 0 Å². The zero-order valence-electron chi connectivity index (χ0n) is 11.4. The number of halogens is 1. The third-order valence-electron chi connectivity index (χ3n) is 3.12. The van der Waals surface area contributed by atoms with Crippen molar-refractivity contribution in [2.75, 3.05) is 0 Å². The van der Waals surface area contributed by atoms with Crippen molar-refractivity contribution in [1.29, 1.82) is 0 Å². The normalized spacial score (nSPS) is 10.8. The molecule has 2 aromatic heterocycles. The van der Waals surface area contributed by atoms with E-state index < -0.39 is 0 Å². The lowest BCUT2D eigenvalue weighted by Gasteiger charge is -1.98. The Kier molecular flexibility index (Phi) is 3.45. The average molecular weight is 284 g/mol. The molecule has 0 fully saturated rings. The first-order chi connectivity index (χ1) is 10.2. The fourth-order valence-corrected chi connectivity index (χ4v) is 1.90. The molecule has 3 aromatic rings. The first-order valence-corrected chi connectivity index (χ1v) is 6.43. The fraction of sp³-hybridized carbons (Fsp3) is 0.133. The maximum absolute atomic E-state index is 13.3. The fourth-order valence-electron chi connectivity index (χ4n) is 1.90. The van der Waals surface area contributed by atoms with Crippen LogP contribution in [0.25, 0.3) is 23.0 Å². The number of pyridine rings is 1. The molecule has 0 saturated carbocycles. The number of nitrogens with two attached hydrogens (primary N) is 1.